The normalized spacial score (nSPS) is 12.0. The monoisotopic (exact) mass is 1500 g/mol. The van der Waals surface area contributed by atoms with Gasteiger partial charge in [0.1, 0.15) is 0 Å². The summed E-state index contributed by atoms with van der Waals surface area (Å²) >= 11 is 0. The van der Waals surface area contributed by atoms with E-state index in [1.165, 1.54) is 73.4 Å². The van der Waals surface area contributed by atoms with E-state index in [1.54, 1.807) is 0 Å². The molecule has 0 fully saturated rings. The molecule has 4 heterocycles. The molecule has 0 aliphatic heterocycles. The minimum absolute atomic E-state index is 0.500. The van der Waals surface area contributed by atoms with Gasteiger partial charge in [-0.15, -0.1) is 0 Å². The van der Waals surface area contributed by atoms with Gasteiger partial charge in [-0.3, -0.25) is 9.13 Å². The van der Waals surface area contributed by atoms with Crippen LogP contribution in [-0.2, 0) is 0 Å². The van der Waals surface area contributed by atoms with Crippen LogP contribution in [0.2, 0.25) is 0 Å². The number of rotatable bonds is 17. The summed E-state index contributed by atoms with van der Waals surface area (Å²) in [6, 6.07) is 167. The van der Waals surface area contributed by atoms with E-state index in [9.17, 15) is 0 Å². The zero-order valence-corrected chi connectivity index (χ0v) is 65.4. The molecule has 0 saturated carbocycles. The standard InChI is InChI=1S/C105H74N6Si3/c1-10-36-75(37-11-1)77-38-34-56-88(72-77)114(85-52-24-8-25-53-85,86-54-26-9-27-55-86)87-66-64-76(65-67-87)103-106-104(110-96-61-31-28-58-91(96)93-69-68-90(74-100(93)110)113(82-46-18-5-19-47-82,83-48-20-6-21-49-83)84-50-22-7-23-51-84)108-105(107-103)111-97-62-32-29-59-92(97)94-70-71-99-101(102(94)111)95-60-30-33-63-98(95)109(99)78-39-35-57-89(73-78)112(79-40-12-2-13-41-79,80-42-14-3-15-43-80)81-44-16-4-17-45-81/h1-74H. The van der Waals surface area contributed by atoms with Crippen molar-refractivity contribution in [3.63, 3.8) is 0 Å². The van der Waals surface area contributed by atoms with Crippen LogP contribution in [0.25, 0.3) is 106 Å². The lowest BCUT2D eigenvalue weighted by Gasteiger charge is -2.34. The van der Waals surface area contributed by atoms with E-state index in [0.717, 1.165) is 76.7 Å². The van der Waals surface area contributed by atoms with Crippen molar-refractivity contribution in [1.29, 1.82) is 0 Å². The number of hydrogen-bond acceptors (Lipinski definition) is 3. The molecular weight excluding hydrogens is 1430 g/mol. The van der Waals surface area contributed by atoms with Gasteiger partial charge in [0.25, 0.3) is 0 Å². The maximum Gasteiger partial charge on any atom is 0.240 e. The molecule has 0 atom stereocenters. The van der Waals surface area contributed by atoms with E-state index in [-0.39, 0.29) is 0 Å². The van der Waals surface area contributed by atoms with Gasteiger partial charge in [-0.2, -0.15) is 15.0 Å². The summed E-state index contributed by atoms with van der Waals surface area (Å²) < 4.78 is 7.17. The molecule has 0 aliphatic carbocycles. The second-order valence-corrected chi connectivity index (χ2v) is 41.1. The van der Waals surface area contributed by atoms with E-state index < -0.39 is 24.2 Å². The first-order valence-corrected chi connectivity index (χ1v) is 45.1. The molecule has 21 aromatic rings. The number of para-hydroxylation sites is 3. The molecule has 9 heteroatoms. The van der Waals surface area contributed by atoms with Gasteiger partial charge in [0, 0.05) is 43.6 Å². The van der Waals surface area contributed by atoms with Crippen molar-refractivity contribution in [3.8, 4) is 40.1 Å². The van der Waals surface area contributed by atoms with Crippen LogP contribution in [0.4, 0.5) is 0 Å². The number of aromatic nitrogens is 6. The molecule has 0 aliphatic rings. The molecule has 0 bridgehead atoms. The Balaban J connectivity index is 0.838. The van der Waals surface area contributed by atoms with Gasteiger partial charge < -0.3 is 4.57 Å². The van der Waals surface area contributed by atoms with Crippen molar-refractivity contribution in [2.45, 2.75) is 0 Å². The van der Waals surface area contributed by atoms with Crippen molar-refractivity contribution >= 4 is 152 Å². The van der Waals surface area contributed by atoms with Crippen LogP contribution < -0.4 is 62.2 Å². The Morgan fingerprint density at radius 3 is 0.974 bits per heavy atom. The summed E-state index contributed by atoms with van der Waals surface area (Å²) in [5.41, 5.74) is 10.4. The minimum Gasteiger partial charge on any atom is -0.309 e. The smallest absolute Gasteiger partial charge is 0.240 e. The summed E-state index contributed by atoms with van der Waals surface area (Å²) in [6.07, 6.45) is 0. The maximum atomic E-state index is 6.02. The van der Waals surface area contributed by atoms with E-state index in [4.69, 9.17) is 15.0 Å². The zero-order valence-electron chi connectivity index (χ0n) is 62.4. The Kier molecular flexibility index (Phi) is 16.8. The predicted octanol–water partition coefficient (Wildman–Crippen LogP) is 16.6. The van der Waals surface area contributed by atoms with Crippen molar-refractivity contribution in [2.75, 3.05) is 0 Å². The topological polar surface area (TPSA) is 53.5 Å². The lowest BCUT2D eigenvalue weighted by Crippen LogP contribution is -2.74. The zero-order chi connectivity index (χ0) is 75.6. The van der Waals surface area contributed by atoms with Gasteiger partial charge in [-0.25, -0.2) is 0 Å². The highest BCUT2D eigenvalue weighted by Gasteiger charge is 2.45. The van der Waals surface area contributed by atoms with Crippen LogP contribution in [-0.4, -0.2) is 52.9 Å². The fraction of sp³-hybridized carbons (Fsp3) is 0. The second-order valence-electron chi connectivity index (χ2n) is 29.7. The quantitative estimate of drug-likeness (QED) is 0.0674. The fourth-order valence-electron chi connectivity index (χ4n) is 18.9. The number of hydrogen-bond donors (Lipinski definition) is 0. The van der Waals surface area contributed by atoms with Gasteiger partial charge in [0.2, 0.25) is 11.9 Å². The molecule has 6 nitrogen and oxygen atoms in total. The number of benzene rings is 17. The fourth-order valence-corrected chi connectivity index (χ4v) is 33.2. The van der Waals surface area contributed by atoms with Gasteiger partial charge >= 0.3 is 0 Å². The van der Waals surface area contributed by atoms with E-state index in [2.05, 4.69) is 463 Å². The molecule has 0 saturated heterocycles. The Labute approximate surface area is 664 Å². The van der Waals surface area contributed by atoms with Crippen LogP contribution in [0.15, 0.2) is 449 Å². The Hall–Kier alpha value is -14.2. The van der Waals surface area contributed by atoms with E-state index >= 15 is 0 Å². The molecule has 0 unspecified atom stereocenters. The summed E-state index contributed by atoms with van der Waals surface area (Å²) in [5, 5.41) is 22.1. The van der Waals surface area contributed by atoms with Gasteiger partial charge in [0.15, 0.2) is 30.0 Å². The van der Waals surface area contributed by atoms with Crippen LogP contribution in [0.1, 0.15) is 0 Å². The molecule has 0 radical (unpaired) electrons. The average molecular weight is 1500 g/mol. The van der Waals surface area contributed by atoms with E-state index in [1.807, 2.05) is 0 Å². The van der Waals surface area contributed by atoms with Crippen LogP contribution >= 0.6 is 0 Å². The molecule has 536 valence electrons. The first kappa shape index (κ1) is 67.9. The Morgan fingerprint density at radius 1 is 0.175 bits per heavy atom. The number of fused-ring (bicyclic) bond motifs is 10. The second kappa shape index (κ2) is 28.3. The van der Waals surface area contributed by atoms with Gasteiger partial charge in [0.05, 0.1) is 33.1 Å². The van der Waals surface area contributed by atoms with Crippen LogP contribution in [0, 0.1) is 0 Å². The van der Waals surface area contributed by atoms with Crippen molar-refractivity contribution < 1.29 is 0 Å². The number of nitrogens with zero attached hydrogens (tertiary/aromatic N) is 6. The molecule has 0 N–H and O–H groups in total. The third kappa shape index (κ3) is 10.8. The van der Waals surface area contributed by atoms with Crippen molar-refractivity contribution in [1.82, 2.24) is 28.7 Å². The molecule has 114 heavy (non-hydrogen) atoms. The molecule has 0 spiro atoms. The molecule has 21 rings (SSSR count). The highest BCUT2D eigenvalue weighted by molar-refractivity contribution is 7.21. The highest BCUT2D eigenvalue weighted by atomic mass is 28.3. The first-order chi connectivity index (χ1) is 56.6. The molecule has 0 amide bonds. The lowest BCUT2D eigenvalue weighted by molar-refractivity contribution is 0.894. The molecule has 4 aromatic heterocycles. The largest absolute Gasteiger partial charge is 0.309 e. The summed E-state index contributed by atoms with van der Waals surface area (Å²) in [6.45, 7) is 0. The van der Waals surface area contributed by atoms with Crippen LogP contribution in [0.5, 0.6) is 0 Å². The average Bonchev–Trinajstić information content (AvgIpc) is 1.55. The Morgan fingerprint density at radius 2 is 0.500 bits per heavy atom. The third-order valence-electron chi connectivity index (χ3n) is 23.8. The third-order valence-corrected chi connectivity index (χ3v) is 38.1. The summed E-state index contributed by atoms with van der Waals surface area (Å²) in [7, 11) is -9.15. The van der Waals surface area contributed by atoms with Crippen molar-refractivity contribution in [3.05, 3.63) is 449 Å². The Bertz CT molecular complexity index is 6890. The minimum atomic E-state index is -3.10. The molecule has 17 aromatic carbocycles. The van der Waals surface area contributed by atoms with Crippen LogP contribution in [0.3, 0.4) is 0 Å². The first-order valence-electron chi connectivity index (χ1n) is 39.1. The SMILES string of the molecule is c1ccc(-c2cccc([Si](c3ccccc3)(c3ccccc3)c3ccc(-c4nc(-n5c6ccccc6c6ccc([Si](c7ccccc7)(c7ccccc7)c7ccccc7)cc65)nc(-n5c6ccccc6c6ccc7c(c8ccccc8n7-c7cccc([Si](c8ccccc8)(c8ccccc8)c8ccccc8)c7)c65)n4)cc3)c2)cc1. The summed E-state index contributed by atoms with van der Waals surface area (Å²) in [4.78, 5) is 17.8. The van der Waals surface area contributed by atoms with Gasteiger partial charge in [-0.1, -0.05) is 406 Å². The van der Waals surface area contributed by atoms with Gasteiger partial charge in [-0.05, 0) is 116 Å². The lowest BCUT2D eigenvalue weighted by atomic mass is 10.1. The predicted molar refractivity (Wildman–Crippen MR) is 485 cm³/mol. The van der Waals surface area contributed by atoms with Crippen molar-refractivity contribution in [2.24, 2.45) is 0 Å². The maximum absolute atomic E-state index is 6.02. The highest BCUT2D eigenvalue weighted by Crippen LogP contribution is 2.43. The summed E-state index contributed by atoms with van der Waals surface area (Å²) in [5.74, 6) is 1.55. The van der Waals surface area contributed by atoms with E-state index in [0.29, 0.717) is 17.7 Å². The molecular formula is C105H74N6Si3.